The molecule has 2 N–H and O–H groups in total. The second kappa shape index (κ2) is 4.56. The van der Waals surface area contributed by atoms with Gasteiger partial charge < -0.3 is 9.97 Å². The molecule has 102 valence electrons. The van der Waals surface area contributed by atoms with Gasteiger partial charge in [-0.3, -0.25) is 20.0 Å². The van der Waals surface area contributed by atoms with Crippen molar-refractivity contribution < 1.29 is 0 Å². The van der Waals surface area contributed by atoms with Crippen LogP contribution in [0.15, 0.2) is 32.1 Å². The number of benzene rings is 1. The van der Waals surface area contributed by atoms with Gasteiger partial charge in [-0.05, 0) is 12.1 Å². The highest BCUT2D eigenvalue weighted by Gasteiger charge is 2.11. The third-order valence-corrected chi connectivity index (χ3v) is 3.56. The van der Waals surface area contributed by atoms with Crippen LogP contribution in [-0.4, -0.2) is 38.2 Å². The number of nitrogens with zero attached hydrogens (tertiary/aromatic N) is 4. The Morgan fingerprint density at radius 1 is 0.600 bits per heavy atom. The summed E-state index contributed by atoms with van der Waals surface area (Å²) in [6, 6.07) is 4.10. The quantitative estimate of drug-likeness (QED) is 0.559. The zero-order valence-electron chi connectivity index (χ0n) is 11.9. The van der Waals surface area contributed by atoms with Gasteiger partial charge in [0.05, 0.1) is 0 Å². The first kappa shape index (κ1) is 12.5. The fourth-order valence-corrected chi connectivity index (χ4v) is 2.66. The lowest BCUT2D eigenvalue weighted by Crippen LogP contribution is -2.11. The number of fused-ring (bicyclic) bond motifs is 3. The largest absolute Gasteiger partial charge is 0.325 e. The van der Waals surface area contributed by atoms with Gasteiger partial charge in [0.1, 0.15) is 22.0 Å². The Morgan fingerprint density at radius 3 is 1.25 bits per heavy atom. The number of nitrogens with one attached hydrogen (secondary N) is 2. The summed E-state index contributed by atoms with van der Waals surface area (Å²) in [6.45, 7) is 0. The number of hydrogen-bond donors (Lipinski definition) is 2. The Balaban J connectivity index is 2.82. The summed E-state index contributed by atoms with van der Waals surface area (Å²) in [4.78, 5) is 23.7. The van der Waals surface area contributed by atoms with Gasteiger partial charge in [0.25, 0.3) is 0 Å². The molecule has 0 aliphatic rings. The molecule has 2 aromatic heterocycles. The monoisotopic (exact) mass is 268 g/mol. The predicted molar refractivity (Wildman–Crippen MR) is 78.5 cm³/mol. The van der Waals surface area contributed by atoms with E-state index in [4.69, 9.17) is 0 Å². The zero-order chi connectivity index (χ0) is 14.3. The molecule has 0 radical (unpaired) electrons. The van der Waals surface area contributed by atoms with Crippen molar-refractivity contribution in [2.45, 2.75) is 0 Å². The van der Waals surface area contributed by atoms with Crippen molar-refractivity contribution in [2.24, 2.45) is 20.0 Å². The fraction of sp³-hybridized carbons (Fsp3) is 0.286. The minimum atomic E-state index is 0.817. The van der Waals surface area contributed by atoms with E-state index in [2.05, 4.69) is 29.9 Å². The van der Waals surface area contributed by atoms with E-state index in [0.717, 1.165) is 43.5 Å². The summed E-state index contributed by atoms with van der Waals surface area (Å²) >= 11 is 0. The summed E-state index contributed by atoms with van der Waals surface area (Å²) < 4.78 is 0. The van der Waals surface area contributed by atoms with E-state index < -0.39 is 0 Å². The zero-order valence-corrected chi connectivity index (χ0v) is 11.9. The number of aromatic nitrogens is 2. The Hall–Kier alpha value is -2.50. The highest BCUT2D eigenvalue weighted by atomic mass is 14.9. The molecule has 0 saturated carbocycles. The van der Waals surface area contributed by atoms with Crippen LogP contribution in [0.2, 0.25) is 0 Å². The van der Waals surface area contributed by atoms with E-state index >= 15 is 0 Å². The van der Waals surface area contributed by atoms with Crippen LogP contribution < -0.4 is 22.0 Å². The standard InChI is InChI=1S/C14H16N6/c1-15-11-7-5-6-8-10(9(7)13(17-3)19-11)14(18-4)20-12(8)16-2/h5-6H,1-4H3,(H,15,17,19)(H,16,18,20). The van der Waals surface area contributed by atoms with E-state index in [9.17, 15) is 0 Å². The van der Waals surface area contributed by atoms with Gasteiger partial charge in [0.2, 0.25) is 0 Å². The average molecular weight is 268 g/mol. The SMILES string of the molecule is C/N=c1\[nH]/c(=N\C)c2c1ccc1/c(=N/C)[nH]/c(=N\C)c12. The van der Waals surface area contributed by atoms with E-state index in [1.165, 1.54) is 0 Å². The van der Waals surface area contributed by atoms with Gasteiger partial charge in [-0.25, -0.2) is 0 Å². The molecule has 3 rings (SSSR count). The topological polar surface area (TPSA) is 81.0 Å². The molecule has 0 amide bonds. The molecule has 0 unspecified atom stereocenters. The van der Waals surface area contributed by atoms with Gasteiger partial charge in [-0.15, -0.1) is 0 Å². The van der Waals surface area contributed by atoms with Crippen molar-refractivity contribution >= 4 is 21.5 Å². The maximum absolute atomic E-state index is 4.33. The first-order valence-electron chi connectivity index (χ1n) is 6.34. The summed E-state index contributed by atoms with van der Waals surface area (Å²) in [5.41, 5.74) is 3.30. The smallest absolute Gasteiger partial charge is 0.135 e. The van der Waals surface area contributed by atoms with Crippen molar-refractivity contribution in [1.29, 1.82) is 0 Å². The van der Waals surface area contributed by atoms with Gasteiger partial charge in [0, 0.05) is 49.7 Å². The lowest BCUT2D eigenvalue weighted by Gasteiger charge is -1.92. The van der Waals surface area contributed by atoms with E-state index in [0.29, 0.717) is 0 Å². The Kier molecular flexibility index (Phi) is 2.85. The van der Waals surface area contributed by atoms with Crippen molar-refractivity contribution in [1.82, 2.24) is 9.97 Å². The van der Waals surface area contributed by atoms with E-state index in [-0.39, 0.29) is 0 Å². The minimum absolute atomic E-state index is 0.817. The molecule has 1 aromatic carbocycles. The lowest BCUT2D eigenvalue weighted by atomic mass is 10.1. The van der Waals surface area contributed by atoms with Crippen LogP contribution in [0, 0.1) is 0 Å². The van der Waals surface area contributed by atoms with Gasteiger partial charge >= 0.3 is 0 Å². The van der Waals surface area contributed by atoms with E-state index in [1.807, 2.05) is 12.1 Å². The van der Waals surface area contributed by atoms with Crippen LogP contribution in [0.4, 0.5) is 0 Å². The van der Waals surface area contributed by atoms with Crippen LogP contribution in [-0.2, 0) is 0 Å². The maximum atomic E-state index is 4.33. The van der Waals surface area contributed by atoms with Crippen molar-refractivity contribution in [2.75, 3.05) is 28.2 Å². The molecule has 0 spiro atoms. The molecule has 6 heteroatoms. The minimum Gasteiger partial charge on any atom is -0.325 e. The van der Waals surface area contributed by atoms with Gasteiger partial charge in [0.15, 0.2) is 0 Å². The predicted octanol–water partition coefficient (Wildman–Crippen LogP) is -0.353. The number of H-pyrrole nitrogens is 2. The molecule has 3 aromatic rings. The van der Waals surface area contributed by atoms with Crippen LogP contribution in [0.25, 0.3) is 21.5 Å². The Labute approximate surface area is 114 Å². The number of rotatable bonds is 0. The number of aromatic amines is 2. The highest BCUT2D eigenvalue weighted by molar-refractivity contribution is 6.06. The highest BCUT2D eigenvalue weighted by Crippen LogP contribution is 2.14. The summed E-state index contributed by atoms with van der Waals surface area (Å²) in [6.07, 6.45) is 0. The van der Waals surface area contributed by atoms with Crippen LogP contribution in [0.3, 0.4) is 0 Å². The molecular formula is C14H16N6. The second-order valence-electron chi connectivity index (χ2n) is 4.45. The Morgan fingerprint density at radius 2 is 0.950 bits per heavy atom. The molecule has 0 aliphatic carbocycles. The molecule has 2 heterocycles. The maximum Gasteiger partial charge on any atom is 0.135 e. The number of hydrogen-bond acceptors (Lipinski definition) is 4. The Bertz CT molecular complexity index is 950. The average Bonchev–Trinajstić information content (AvgIpc) is 3.04. The normalized spacial score (nSPS) is 16.2. The third-order valence-electron chi connectivity index (χ3n) is 3.56. The van der Waals surface area contributed by atoms with Gasteiger partial charge in [-0.1, -0.05) is 0 Å². The second-order valence-corrected chi connectivity index (χ2v) is 4.45. The molecule has 0 aliphatic heterocycles. The van der Waals surface area contributed by atoms with E-state index in [1.54, 1.807) is 28.2 Å². The summed E-state index contributed by atoms with van der Waals surface area (Å²) in [5.74, 6) is 0. The van der Waals surface area contributed by atoms with Crippen LogP contribution >= 0.6 is 0 Å². The van der Waals surface area contributed by atoms with Crippen LogP contribution in [0.1, 0.15) is 0 Å². The molecule has 0 saturated heterocycles. The molecular weight excluding hydrogens is 252 g/mol. The summed E-state index contributed by atoms with van der Waals surface area (Å²) in [5, 5.41) is 4.18. The molecule has 6 nitrogen and oxygen atoms in total. The first-order valence-corrected chi connectivity index (χ1v) is 6.34. The fourth-order valence-electron chi connectivity index (χ4n) is 2.66. The molecule has 0 fully saturated rings. The third kappa shape index (κ3) is 1.51. The first-order chi connectivity index (χ1) is 9.74. The summed E-state index contributed by atoms with van der Waals surface area (Å²) in [7, 11) is 7.07. The van der Waals surface area contributed by atoms with Crippen molar-refractivity contribution in [3.8, 4) is 0 Å². The van der Waals surface area contributed by atoms with Crippen molar-refractivity contribution in [3.63, 3.8) is 0 Å². The molecule has 20 heavy (non-hydrogen) atoms. The molecule has 0 atom stereocenters. The molecule has 0 bridgehead atoms. The van der Waals surface area contributed by atoms with Crippen LogP contribution in [0.5, 0.6) is 0 Å². The van der Waals surface area contributed by atoms with Crippen molar-refractivity contribution in [3.05, 3.63) is 34.1 Å². The lowest BCUT2D eigenvalue weighted by molar-refractivity contribution is 1.08. The van der Waals surface area contributed by atoms with Gasteiger partial charge in [-0.2, -0.15) is 0 Å².